The average Bonchev–Trinajstić information content (AvgIpc) is 2.69. The third kappa shape index (κ3) is 4.85. The molecular weight excluding hydrogens is 330 g/mol. The molecule has 0 amide bonds. The van der Waals surface area contributed by atoms with E-state index < -0.39 is 0 Å². The number of fused-ring (bicyclic) bond motifs is 1. The summed E-state index contributed by atoms with van der Waals surface area (Å²) in [7, 11) is 0. The summed E-state index contributed by atoms with van der Waals surface area (Å²) in [5, 5.41) is 2.63. The largest absolute Gasteiger partial charge is 0.490 e. The molecule has 27 heavy (non-hydrogen) atoms. The second kappa shape index (κ2) is 8.65. The Morgan fingerprint density at radius 2 is 1.59 bits per heavy atom. The van der Waals surface area contributed by atoms with Gasteiger partial charge in [0.1, 0.15) is 5.75 Å². The highest BCUT2D eigenvalue weighted by Crippen LogP contribution is 2.32. The summed E-state index contributed by atoms with van der Waals surface area (Å²) < 4.78 is 6.33. The molecule has 1 aliphatic carbocycles. The molecule has 1 saturated carbocycles. The van der Waals surface area contributed by atoms with Crippen molar-refractivity contribution in [1.82, 2.24) is 4.90 Å². The van der Waals surface area contributed by atoms with Gasteiger partial charge in [0, 0.05) is 6.54 Å². The van der Waals surface area contributed by atoms with Crippen molar-refractivity contribution in [1.29, 1.82) is 0 Å². The van der Waals surface area contributed by atoms with E-state index >= 15 is 0 Å². The summed E-state index contributed by atoms with van der Waals surface area (Å²) >= 11 is 0. The molecule has 0 spiro atoms. The first-order valence-electron chi connectivity index (χ1n) is 11.1. The first-order valence-corrected chi connectivity index (χ1v) is 11.1. The maximum absolute atomic E-state index is 6.33. The molecule has 1 aliphatic heterocycles. The molecule has 2 aliphatic rings. The van der Waals surface area contributed by atoms with E-state index in [0.717, 1.165) is 24.1 Å². The van der Waals surface area contributed by atoms with E-state index in [4.69, 9.17) is 4.74 Å². The number of hydrogen-bond acceptors (Lipinski definition) is 2. The van der Waals surface area contributed by atoms with Gasteiger partial charge in [0.05, 0.1) is 6.10 Å². The Labute approximate surface area is 164 Å². The standard InChI is InChI=1S/C25H35NO/c1-19(2)21-8-11-24(12-9-21)27-25-13-10-22-16-20(6-7-23(22)17-25)18-26-14-4-3-5-15-26/h6-7,10,13,16-17,19,21,24H,3-5,8-9,11-12,14-15,18H2,1-2H3. The lowest BCUT2D eigenvalue weighted by atomic mass is 9.80. The zero-order valence-corrected chi connectivity index (χ0v) is 17.1. The molecule has 0 aromatic heterocycles. The third-order valence-corrected chi connectivity index (χ3v) is 6.70. The van der Waals surface area contributed by atoms with E-state index in [-0.39, 0.29) is 0 Å². The summed E-state index contributed by atoms with van der Waals surface area (Å²) in [6.45, 7) is 8.31. The Morgan fingerprint density at radius 3 is 2.33 bits per heavy atom. The van der Waals surface area contributed by atoms with Gasteiger partial charge in [0.2, 0.25) is 0 Å². The van der Waals surface area contributed by atoms with Gasteiger partial charge in [-0.25, -0.2) is 0 Å². The van der Waals surface area contributed by atoms with Crippen LogP contribution in [0.3, 0.4) is 0 Å². The predicted molar refractivity (Wildman–Crippen MR) is 114 cm³/mol. The molecule has 1 saturated heterocycles. The number of ether oxygens (including phenoxy) is 1. The van der Waals surface area contributed by atoms with Crippen LogP contribution < -0.4 is 4.74 Å². The van der Waals surface area contributed by atoms with E-state index in [0.29, 0.717) is 6.10 Å². The van der Waals surface area contributed by atoms with E-state index in [1.54, 1.807) is 0 Å². The molecule has 0 atom stereocenters. The Bertz CT molecular complexity index is 739. The molecular formula is C25H35NO. The van der Waals surface area contributed by atoms with Crippen molar-refractivity contribution >= 4 is 10.8 Å². The van der Waals surface area contributed by atoms with Crippen LogP contribution in [0.25, 0.3) is 10.8 Å². The van der Waals surface area contributed by atoms with Crippen molar-refractivity contribution in [3.63, 3.8) is 0 Å². The second-order valence-electron chi connectivity index (χ2n) is 9.08. The van der Waals surface area contributed by atoms with Gasteiger partial charge in [-0.2, -0.15) is 0 Å². The minimum Gasteiger partial charge on any atom is -0.490 e. The summed E-state index contributed by atoms with van der Waals surface area (Å²) in [4.78, 5) is 2.59. The Balaban J connectivity index is 1.38. The Hall–Kier alpha value is -1.54. The van der Waals surface area contributed by atoms with Crippen molar-refractivity contribution in [2.75, 3.05) is 13.1 Å². The van der Waals surface area contributed by atoms with Gasteiger partial charge in [-0.15, -0.1) is 0 Å². The highest BCUT2D eigenvalue weighted by molar-refractivity contribution is 5.84. The minimum atomic E-state index is 0.399. The fourth-order valence-electron chi connectivity index (χ4n) is 4.89. The van der Waals surface area contributed by atoms with Crippen molar-refractivity contribution in [2.24, 2.45) is 11.8 Å². The average molecular weight is 366 g/mol. The van der Waals surface area contributed by atoms with Crippen LogP contribution in [0.5, 0.6) is 5.75 Å². The fraction of sp³-hybridized carbons (Fsp3) is 0.600. The van der Waals surface area contributed by atoms with E-state index in [1.165, 1.54) is 74.4 Å². The van der Waals surface area contributed by atoms with Crippen LogP contribution in [0, 0.1) is 11.8 Å². The predicted octanol–water partition coefficient (Wildman–Crippen LogP) is 6.42. The third-order valence-electron chi connectivity index (χ3n) is 6.70. The number of nitrogens with zero attached hydrogens (tertiary/aromatic N) is 1. The summed E-state index contributed by atoms with van der Waals surface area (Å²) in [6, 6.07) is 13.6. The SMILES string of the molecule is CC(C)C1CCC(Oc2ccc3cc(CN4CCCCC4)ccc3c2)CC1. The number of hydrogen-bond donors (Lipinski definition) is 0. The van der Waals surface area contributed by atoms with Crippen LogP contribution in [0.2, 0.25) is 0 Å². The van der Waals surface area contributed by atoms with Crippen LogP contribution >= 0.6 is 0 Å². The highest BCUT2D eigenvalue weighted by atomic mass is 16.5. The maximum Gasteiger partial charge on any atom is 0.120 e. The van der Waals surface area contributed by atoms with E-state index in [9.17, 15) is 0 Å². The van der Waals surface area contributed by atoms with E-state index in [1.807, 2.05) is 0 Å². The van der Waals surface area contributed by atoms with E-state index in [2.05, 4.69) is 55.1 Å². The van der Waals surface area contributed by atoms with Crippen molar-refractivity contribution in [3.8, 4) is 5.75 Å². The fourth-order valence-corrected chi connectivity index (χ4v) is 4.89. The van der Waals surface area contributed by atoms with Crippen LogP contribution in [0.4, 0.5) is 0 Å². The molecule has 2 fully saturated rings. The molecule has 2 aromatic carbocycles. The van der Waals surface area contributed by atoms with Crippen molar-refractivity contribution in [3.05, 3.63) is 42.0 Å². The molecule has 146 valence electrons. The zero-order valence-electron chi connectivity index (χ0n) is 17.1. The molecule has 0 N–H and O–H groups in total. The molecule has 2 heteroatoms. The van der Waals surface area contributed by atoms with Gasteiger partial charge in [0.25, 0.3) is 0 Å². The number of piperidine rings is 1. The smallest absolute Gasteiger partial charge is 0.120 e. The van der Waals surface area contributed by atoms with Gasteiger partial charge in [-0.1, -0.05) is 38.5 Å². The van der Waals surface area contributed by atoms with Crippen molar-refractivity contribution < 1.29 is 4.74 Å². The Morgan fingerprint density at radius 1 is 0.889 bits per heavy atom. The highest BCUT2D eigenvalue weighted by Gasteiger charge is 2.24. The molecule has 2 aromatic rings. The summed E-state index contributed by atoms with van der Waals surface area (Å²) in [5.41, 5.74) is 1.44. The van der Waals surface area contributed by atoms with Gasteiger partial charge >= 0.3 is 0 Å². The topological polar surface area (TPSA) is 12.5 Å². The first kappa shape index (κ1) is 18.8. The first-order chi connectivity index (χ1) is 13.2. The lowest BCUT2D eigenvalue weighted by Crippen LogP contribution is -2.29. The van der Waals surface area contributed by atoms with Crippen molar-refractivity contribution in [2.45, 2.75) is 71.4 Å². The van der Waals surface area contributed by atoms with Crippen LogP contribution in [-0.2, 0) is 6.54 Å². The Kier molecular flexibility index (Phi) is 6.02. The minimum absolute atomic E-state index is 0.399. The second-order valence-corrected chi connectivity index (χ2v) is 9.08. The lowest BCUT2D eigenvalue weighted by Gasteiger charge is -2.31. The quantitative estimate of drug-likeness (QED) is 0.606. The summed E-state index contributed by atoms with van der Waals surface area (Å²) in [6.07, 6.45) is 9.55. The van der Waals surface area contributed by atoms with Gasteiger partial charge in [-0.05, 0) is 98.0 Å². The molecule has 1 heterocycles. The molecule has 4 rings (SSSR count). The zero-order chi connectivity index (χ0) is 18.6. The number of likely N-dealkylation sites (tertiary alicyclic amines) is 1. The van der Waals surface area contributed by atoms with Crippen LogP contribution in [0.1, 0.15) is 64.4 Å². The number of benzene rings is 2. The normalized spacial score (nSPS) is 24.4. The molecule has 0 bridgehead atoms. The molecule has 0 unspecified atom stereocenters. The van der Waals surface area contributed by atoms with Crippen LogP contribution in [-0.4, -0.2) is 24.1 Å². The number of rotatable bonds is 5. The van der Waals surface area contributed by atoms with Gasteiger partial charge in [0.15, 0.2) is 0 Å². The monoisotopic (exact) mass is 365 g/mol. The van der Waals surface area contributed by atoms with Crippen LogP contribution in [0.15, 0.2) is 36.4 Å². The molecule has 0 radical (unpaired) electrons. The van der Waals surface area contributed by atoms with Gasteiger partial charge in [-0.3, -0.25) is 4.90 Å². The molecule has 2 nitrogen and oxygen atoms in total. The van der Waals surface area contributed by atoms with Gasteiger partial charge < -0.3 is 4.74 Å². The summed E-state index contributed by atoms with van der Waals surface area (Å²) in [5.74, 6) is 2.74. The maximum atomic E-state index is 6.33. The lowest BCUT2D eigenvalue weighted by molar-refractivity contribution is 0.117.